The SMILES string of the molecule is Cc1ccc(C(=O)Nc2ccc(Cl)cn2)cc1Br. The maximum absolute atomic E-state index is 12.0. The van der Waals surface area contributed by atoms with Crippen molar-refractivity contribution in [3.63, 3.8) is 0 Å². The number of pyridine rings is 1. The minimum atomic E-state index is -0.203. The van der Waals surface area contributed by atoms with Gasteiger partial charge in [0.1, 0.15) is 5.82 Å². The molecule has 1 heterocycles. The van der Waals surface area contributed by atoms with Crippen molar-refractivity contribution >= 4 is 39.3 Å². The molecule has 2 aromatic rings. The highest BCUT2D eigenvalue weighted by Crippen LogP contribution is 2.18. The smallest absolute Gasteiger partial charge is 0.256 e. The van der Waals surface area contributed by atoms with E-state index in [-0.39, 0.29) is 5.91 Å². The van der Waals surface area contributed by atoms with E-state index in [1.165, 1.54) is 6.20 Å². The first-order valence-electron chi connectivity index (χ1n) is 5.25. The van der Waals surface area contributed by atoms with Gasteiger partial charge < -0.3 is 5.32 Å². The van der Waals surface area contributed by atoms with Gasteiger partial charge in [-0.3, -0.25) is 4.79 Å². The lowest BCUT2D eigenvalue weighted by Gasteiger charge is -2.06. The second-order valence-corrected chi connectivity index (χ2v) is 5.07. The molecule has 3 nitrogen and oxygen atoms in total. The number of rotatable bonds is 2. The highest BCUT2D eigenvalue weighted by atomic mass is 79.9. The van der Waals surface area contributed by atoms with Crippen LogP contribution in [-0.2, 0) is 0 Å². The maximum Gasteiger partial charge on any atom is 0.256 e. The van der Waals surface area contributed by atoms with Crippen LogP contribution in [0.5, 0.6) is 0 Å². The molecule has 0 saturated heterocycles. The summed E-state index contributed by atoms with van der Waals surface area (Å²) in [4.78, 5) is 16.0. The molecule has 18 heavy (non-hydrogen) atoms. The molecule has 1 N–H and O–H groups in total. The first-order valence-corrected chi connectivity index (χ1v) is 6.42. The van der Waals surface area contributed by atoms with Crippen LogP contribution in [0.4, 0.5) is 5.82 Å². The van der Waals surface area contributed by atoms with Crippen molar-refractivity contribution < 1.29 is 4.79 Å². The molecule has 0 unspecified atom stereocenters. The molecule has 0 saturated carbocycles. The van der Waals surface area contributed by atoms with Crippen molar-refractivity contribution in [2.75, 3.05) is 5.32 Å². The van der Waals surface area contributed by atoms with Crippen LogP contribution >= 0.6 is 27.5 Å². The Hall–Kier alpha value is -1.39. The number of aryl methyl sites for hydroxylation is 1. The monoisotopic (exact) mass is 324 g/mol. The minimum absolute atomic E-state index is 0.203. The third-order valence-electron chi connectivity index (χ3n) is 2.40. The third kappa shape index (κ3) is 3.09. The third-order valence-corrected chi connectivity index (χ3v) is 3.48. The summed E-state index contributed by atoms with van der Waals surface area (Å²) in [6.07, 6.45) is 1.49. The van der Waals surface area contributed by atoms with Gasteiger partial charge in [0.05, 0.1) is 5.02 Å². The molecular formula is C13H10BrClN2O. The average Bonchev–Trinajstić information content (AvgIpc) is 2.35. The number of anilines is 1. The summed E-state index contributed by atoms with van der Waals surface area (Å²) in [5.74, 6) is 0.270. The number of amides is 1. The quantitative estimate of drug-likeness (QED) is 0.905. The zero-order valence-electron chi connectivity index (χ0n) is 9.58. The second-order valence-electron chi connectivity index (χ2n) is 3.78. The fourth-order valence-corrected chi connectivity index (χ4v) is 1.86. The molecule has 92 valence electrons. The van der Waals surface area contributed by atoms with Crippen LogP contribution in [0.1, 0.15) is 15.9 Å². The molecule has 0 spiro atoms. The van der Waals surface area contributed by atoms with E-state index >= 15 is 0 Å². The molecule has 1 aromatic carbocycles. The minimum Gasteiger partial charge on any atom is -0.307 e. The Morgan fingerprint density at radius 3 is 2.72 bits per heavy atom. The Kier molecular flexibility index (Phi) is 3.99. The second kappa shape index (κ2) is 5.50. The van der Waals surface area contributed by atoms with Crippen LogP contribution in [0.25, 0.3) is 0 Å². The van der Waals surface area contributed by atoms with Gasteiger partial charge in [-0.05, 0) is 36.8 Å². The highest BCUT2D eigenvalue weighted by molar-refractivity contribution is 9.10. The summed E-state index contributed by atoms with van der Waals surface area (Å²) in [6.45, 7) is 1.96. The van der Waals surface area contributed by atoms with Gasteiger partial charge in [0.2, 0.25) is 0 Å². The van der Waals surface area contributed by atoms with E-state index in [1.807, 2.05) is 13.0 Å². The molecule has 2 rings (SSSR count). The topological polar surface area (TPSA) is 42.0 Å². The Bertz CT molecular complexity index is 584. The van der Waals surface area contributed by atoms with Gasteiger partial charge >= 0.3 is 0 Å². The van der Waals surface area contributed by atoms with E-state index in [4.69, 9.17) is 11.6 Å². The van der Waals surface area contributed by atoms with Crippen molar-refractivity contribution in [2.24, 2.45) is 0 Å². The standard InChI is InChI=1S/C13H10BrClN2O/c1-8-2-3-9(6-11(8)14)13(18)17-12-5-4-10(15)7-16-12/h2-7H,1H3,(H,16,17,18). The fraction of sp³-hybridized carbons (Fsp3) is 0.0769. The molecule has 0 aliphatic carbocycles. The molecule has 5 heteroatoms. The van der Waals surface area contributed by atoms with Crippen molar-refractivity contribution in [3.05, 3.63) is 57.2 Å². The molecule has 0 aliphatic heterocycles. The normalized spacial score (nSPS) is 10.2. The van der Waals surface area contributed by atoms with Crippen molar-refractivity contribution in [2.45, 2.75) is 6.92 Å². The molecule has 0 aliphatic rings. The molecule has 0 bridgehead atoms. The number of hydrogen-bond donors (Lipinski definition) is 1. The molecule has 0 atom stereocenters. The number of halogens is 2. The predicted octanol–water partition coefficient (Wildman–Crippen LogP) is 4.06. The van der Waals surface area contributed by atoms with E-state index in [0.29, 0.717) is 16.4 Å². The van der Waals surface area contributed by atoms with E-state index in [0.717, 1.165) is 10.0 Å². The summed E-state index contributed by atoms with van der Waals surface area (Å²) in [7, 11) is 0. The number of aromatic nitrogens is 1. The van der Waals surface area contributed by atoms with E-state index in [2.05, 4.69) is 26.2 Å². The number of benzene rings is 1. The Balaban J connectivity index is 2.16. The predicted molar refractivity (Wildman–Crippen MR) is 76.1 cm³/mol. The Morgan fingerprint density at radius 2 is 2.11 bits per heavy atom. The van der Waals surface area contributed by atoms with Crippen LogP contribution in [0, 0.1) is 6.92 Å². The summed E-state index contributed by atoms with van der Waals surface area (Å²) in [5, 5.41) is 3.24. The van der Waals surface area contributed by atoms with Gasteiger partial charge in [-0.1, -0.05) is 33.6 Å². The van der Waals surface area contributed by atoms with Crippen LogP contribution in [-0.4, -0.2) is 10.9 Å². The van der Waals surface area contributed by atoms with Gasteiger partial charge in [-0.25, -0.2) is 4.98 Å². The number of hydrogen-bond acceptors (Lipinski definition) is 2. The van der Waals surface area contributed by atoms with Gasteiger partial charge in [0, 0.05) is 16.2 Å². The van der Waals surface area contributed by atoms with E-state index < -0.39 is 0 Å². The number of carbonyl (C=O) groups is 1. The van der Waals surface area contributed by atoms with E-state index in [9.17, 15) is 4.79 Å². The summed E-state index contributed by atoms with van der Waals surface area (Å²) >= 11 is 9.12. The van der Waals surface area contributed by atoms with Crippen LogP contribution in [0.2, 0.25) is 5.02 Å². The first kappa shape index (κ1) is 13.1. The summed E-state index contributed by atoms with van der Waals surface area (Å²) < 4.78 is 0.902. The van der Waals surface area contributed by atoms with Gasteiger partial charge in [-0.15, -0.1) is 0 Å². The van der Waals surface area contributed by atoms with Crippen LogP contribution in [0.15, 0.2) is 41.0 Å². The maximum atomic E-state index is 12.0. The largest absolute Gasteiger partial charge is 0.307 e. The number of carbonyl (C=O) groups excluding carboxylic acids is 1. The van der Waals surface area contributed by atoms with Crippen LogP contribution in [0.3, 0.4) is 0 Å². The zero-order chi connectivity index (χ0) is 13.1. The lowest BCUT2D eigenvalue weighted by Crippen LogP contribution is -2.12. The highest BCUT2D eigenvalue weighted by Gasteiger charge is 2.08. The van der Waals surface area contributed by atoms with Crippen molar-refractivity contribution in [1.82, 2.24) is 4.98 Å². The molecule has 1 amide bonds. The lowest BCUT2D eigenvalue weighted by atomic mass is 10.1. The van der Waals surface area contributed by atoms with Gasteiger partial charge in [-0.2, -0.15) is 0 Å². The molecule has 0 radical (unpaired) electrons. The Labute approximate surface area is 118 Å². The van der Waals surface area contributed by atoms with Gasteiger partial charge in [0.25, 0.3) is 5.91 Å². The lowest BCUT2D eigenvalue weighted by molar-refractivity contribution is 0.102. The van der Waals surface area contributed by atoms with Gasteiger partial charge in [0.15, 0.2) is 0 Å². The summed E-state index contributed by atoms with van der Waals surface area (Å²) in [6, 6.07) is 8.76. The fourth-order valence-electron chi connectivity index (χ4n) is 1.37. The average molecular weight is 326 g/mol. The Morgan fingerprint density at radius 1 is 1.33 bits per heavy atom. The first-order chi connectivity index (χ1) is 8.56. The number of nitrogens with zero attached hydrogens (tertiary/aromatic N) is 1. The van der Waals surface area contributed by atoms with E-state index in [1.54, 1.807) is 24.3 Å². The summed E-state index contributed by atoms with van der Waals surface area (Å²) in [5.41, 5.74) is 1.65. The molecular weight excluding hydrogens is 316 g/mol. The number of nitrogens with one attached hydrogen (secondary N) is 1. The molecule has 1 aromatic heterocycles. The molecule has 0 fully saturated rings. The van der Waals surface area contributed by atoms with Crippen molar-refractivity contribution in [1.29, 1.82) is 0 Å². The van der Waals surface area contributed by atoms with Crippen LogP contribution < -0.4 is 5.32 Å². The van der Waals surface area contributed by atoms with Crippen molar-refractivity contribution in [3.8, 4) is 0 Å². The zero-order valence-corrected chi connectivity index (χ0v) is 11.9.